The van der Waals surface area contributed by atoms with E-state index >= 15 is 0 Å². The van der Waals surface area contributed by atoms with Gasteiger partial charge in [0.25, 0.3) is 0 Å². The molecule has 0 aromatic rings. The summed E-state index contributed by atoms with van der Waals surface area (Å²) in [5.41, 5.74) is 0. The van der Waals surface area contributed by atoms with Crippen molar-refractivity contribution in [3.63, 3.8) is 0 Å². The Morgan fingerprint density at radius 2 is 0.882 bits per heavy atom. The lowest BCUT2D eigenvalue weighted by atomic mass is 10.0. The molecule has 0 aliphatic heterocycles. The molecule has 0 rings (SSSR count). The van der Waals surface area contributed by atoms with Gasteiger partial charge >= 0.3 is 11.9 Å². The van der Waals surface area contributed by atoms with Crippen LogP contribution in [0.1, 0.15) is 150 Å². The van der Waals surface area contributed by atoms with Crippen molar-refractivity contribution < 1.29 is 19.1 Å². The Bertz CT molecular complexity index is 472. The molecule has 0 aliphatic carbocycles. The fourth-order valence-electron chi connectivity index (χ4n) is 3.98. The Labute approximate surface area is 212 Å². The molecule has 202 valence electrons. The van der Waals surface area contributed by atoms with Gasteiger partial charge in [-0.2, -0.15) is 0 Å². The normalized spacial score (nSPS) is 12.3. The van der Waals surface area contributed by atoms with E-state index in [2.05, 4.69) is 27.7 Å². The molecule has 0 bridgehead atoms. The zero-order valence-electron chi connectivity index (χ0n) is 23.5. The third-order valence-electron chi connectivity index (χ3n) is 6.57. The minimum Gasteiger partial charge on any atom is -0.466 e. The lowest BCUT2D eigenvalue weighted by Crippen LogP contribution is -2.16. The smallest absolute Gasteiger partial charge is 0.308 e. The van der Waals surface area contributed by atoms with Crippen LogP contribution >= 0.6 is 0 Å². The van der Waals surface area contributed by atoms with Gasteiger partial charge in [0.15, 0.2) is 0 Å². The zero-order valence-corrected chi connectivity index (χ0v) is 23.5. The predicted octanol–water partition coefficient (Wildman–Crippen LogP) is 9.04. The lowest BCUT2D eigenvalue weighted by Gasteiger charge is -2.12. The van der Waals surface area contributed by atoms with Gasteiger partial charge < -0.3 is 9.47 Å². The molecule has 1 unspecified atom stereocenters. The largest absolute Gasteiger partial charge is 0.466 e. The van der Waals surface area contributed by atoms with E-state index in [9.17, 15) is 9.59 Å². The standard InChI is InChI=1S/C30H58O4/c1-26(2)22-24-33-29(31)21-19-17-15-13-11-9-7-6-8-10-12-14-16-18-20-28(5)30(32)34-25-23-27(3)4/h26-28H,6-25H2,1-5H3. The summed E-state index contributed by atoms with van der Waals surface area (Å²) in [6.07, 6.45) is 21.2. The van der Waals surface area contributed by atoms with Gasteiger partial charge in [0.2, 0.25) is 0 Å². The summed E-state index contributed by atoms with van der Waals surface area (Å²) in [5, 5.41) is 0. The highest BCUT2D eigenvalue weighted by Gasteiger charge is 2.13. The molecule has 0 aromatic heterocycles. The first-order valence-corrected chi connectivity index (χ1v) is 14.6. The van der Waals surface area contributed by atoms with Crippen LogP contribution in [-0.2, 0) is 19.1 Å². The van der Waals surface area contributed by atoms with E-state index < -0.39 is 0 Å². The second-order valence-corrected chi connectivity index (χ2v) is 11.1. The molecule has 0 saturated carbocycles. The Morgan fingerprint density at radius 3 is 1.32 bits per heavy atom. The molecular formula is C30H58O4. The molecule has 0 spiro atoms. The van der Waals surface area contributed by atoms with Crippen molar-refractivity contribution in [3.05, 3.63) is 0 Å². The molecule has 0 aliphatic rings. The van der Waals surface area contributed by atoms with E-state index in [1.807, 2.05) is 6.92 Å². The summed E-state index contributed by atoms with van der Waals surface area (Å²) in [4.78, 5) is 23.6. The van der Waals surface area contributed by atoms with Crippen LogP contribution < -0.4 is 0 Å². The highest BCUT2D eigenvalue weighted by molar-refractivity contribution is 5.71. The summed E-state index contributed by atoms with van der Waals surface area (Å²) in [6, 6.07) is 0. The first-order chi connectivity index (χ1) is 16.3. The van der Waals surface area contributed by atoms with Crippen LogP contribution in [0.3, 0.4) is 0 Å². The SMILES string of the molecule is CC(C)CCOC(=O)CCCCCCCCCCCCCCCCC(C)C(=O)OCCC(C)C. The zero-order chi connectivity index (χ0) is 25.4. The number of hydrogen-bond acceptors (Lipinski definition) is 4. The number of unbranched alkanes of at least 4 members (excludes halogenated alkanes) is 13. The third-order valence-corrected chi connectivity index (χ3v) is 6.57. The summed E-state index contributed by atoms with van der Waals surface area (Å²) >= 11 is 0. The molecule has 0 heterocycles. The highest BCUT2D eigenvalue weighted by atomic mass is 16.5. The maximum Gasteiger partial charge on any atom is 0.308 e. The molecule has 4 heteroatoms. The van der Waals surface area contributed by atoms with Gasteiger partial charge in [-0.05, 0) is 37.5 Å². The van der Waals surface area contributed by atoms with E-state index in [4.69, 9.17) is 9.47 Å². The number of esters is 2. The number of rotatable bonds is 24. The molecule has 0 fully saturated rings. The summed E-state index contributed by atoms with van der Waals surface area (Å²) in [6.45, 7) is 11.7. The van der Waals surface area contributed by atoms with Crippen LogP contribution in [0.15, 0.2) is 0 Å². The molecule has 1 atom stereocenters. The maximum absolute atomic E-state index is 11.9. The molecule has 34 heavy (non-hydrogen) atoms. The fraction of sp³-hybridized carbons (Fsp3) is 0.933. The fourth-order valence-corrected chi connectivity index (χ4v) is 3.98. The monoisotopic (exact) mass is 482 g/mol. The van der Waals surface area contributed by atoms with Crippen molar-refractivity contribution in [2.45, 2.75) is 150 Å². The number of ether oxygens (including phenoxy) is 2. The van der Waals surface area contributed by atoms with Crippen molar-refractivity contribution >= 4 is 11.9 Å². The molecule has 4 nitrogen and oxygen atoms in total. The topological polar surface area (TPSA) is 52.6 Å². The first kappa shape index (κ1) is 32.9. The van der Waals surface area contributed by atoms with Crippen LogP contribution in [0, 0.1) is 17.8 Å². The highest BCUT2D eigenvalue weighted by Crippen LogP contribution is 2.16. The molecule has 0 saturated heterocycles. The summed E-state index contributed by atoms with van der Waals surface area (Å²) in [7, 11) is 0. The van der Waals surface area contributed by atoms with Crippen molar-refractivity contribution in [1.82, 2.24) is 0 Å². The van der Waals surface area contributed by atoms with Crippen LogP contribution in [0.2, 0.25) is 0 Å². The van der Waals surface area contributed by atoms with Gasteiger partial charge in [-0.1, -0.05) is 118 Å². The first-order valence-electron chi connectivity index (χ1n) is 14.6. The molecule has 0 aromatic carbocycles. The van der Waals surface area contributed by atoms with Gasteiger partial charge in [0.1, 0.15) is 0 Å². The molecule has 0 N–H and O–H groups in total. The van der Waals surface area contributed by atoms with Gasteiger partial charge in [0.05, 0.1) is 19.1 Å². The average molecular weight is 483 g/mol. The Morgan fingerprint density at radius 1 is 0.500 bits per heavy atom. The van der Waals surface area contributed by atoms with Crippen LogP contribution in [0.5, 0.6) is 0 Å². The van der Waals surface area contributed by atoms with Gasteiger partial charge in [0, 0.05) is 6.42 Å². The van der Waals surface area contributed by atoms with Gasteiger partial charge in [-0.15, -0.1) is 0 Å². The van der Waals surface area contributed by atoms with Crippen molar-refractivity contribution in [3.8, 4) is 0 Å². The van der Waals surface area contributed by atoms with E-state index in [0.717, 1.165) is 38.5 Å². The van der Waals surface area contributed by atoms with Crippen LogP contribution in [0.25, 0.3) is 0 Å². The Hall–Kier alpha value is -1.06. The summed E-state index contributed by atoms with van der Waals surface area (Å²) < 4.78 is 10.6. The minimum absolute atomic E-state index is 0.0159. The number of carbonyl (C=O) groups is 2. The second kappa shape index (κ2) is 23.7. The summed E-state index contributed by atoms with van der Waals surface area (Å²) in [5.74, 6) is 1.19. The quantitative estimate of drug-likeness (QED) is 0.102. The third kappa shape index (κ3) is 24.1. The lowest BCUT2D eigenvalue weighted by molar-refractivity contribution is -0.148. The van der Waals surface area contributed by atoms with E-state index in [-0.39, 0.29) is 17.9 Å². The predicted molar refractivity (Wildman–Crippen MR) is 144 cm³/mol. The molecule has 0 amide bonds. The van der Waals surface area contributed by atoms with E-state index in [1.54, 1.807) is 0 Å². The Balaban J connectivity index is 3.28. The van der Waals surface area contributed by atoms with E-state index in [1.165, 1.54) is 70.6 Å². The second-order valence-electron chi connectivity index (χ2n) is 11.1. The van der Waals surface area contributed by atoms with Gasteiger partial charge in [-0.3, -0.25) is 9.59 Å². The van der Waals surface area contributed by atoms with Crippen molar-refractivity contribution in [1.29, 1.82) is 0 Å². The Kier molecular flexibility index (Phi) is 22.9. The molecular weight excluding hydrogens is 424 g/mol. The van der Waals surface area contributed by atoms with Crippen molar-refractivity contribution in [2.75, 3.05) is 13.2 Å². The molecule has 0 radical (unpaired) electrons. The van der Waals surface area contributed by atoms with Gasteiger partial charge in [-0.25, -0.2) is 0 Å². The van der Waals surface area contributed by atoms with Crippen molar-refractivity contribution in [2.24, 2.45) is 17.8 Å². The van der Waals surface area contributed by atoms with Crippen LogP contribution in [0.4, 0.5) is 0 Å². The number of hydrogen-bond donors (Lipinski definition) is 0. The minimum atomic E-state index is -0.0209. The average Bonchev–Trinajstić information content (AvgIpc) is 2.78. The van der Waals surface area contributed by atoms with E-state index in [0.29, 0.717) is 31.5 Å². The maximum atomic E-state index is 11.9. The van der Waals surface area contributed by atoms with Crippen LogP contribution in [-0.4, -0.2) is 25.2 Å². The number of carbonyl (C=O) groups excluding carboxylic acids is 2.